The molecule has 0 spiro atoms. The molecule has 0 aromatic heterocycles. The number of rotatable bonds is 9. The quantitative estimate of drug-likeness (QED) is 0.500. The first-order valence-corrected chi connectivity index (χ1v) is 9.97. The number of hydrogen-bond donors (Lipinski definition) is 1. The molecule has 0 aromatic carbocycles. The second-order valence-electron chi connectivity index (χ2n) is 6.64. The summed E-state index contributed by atoms with van der Waals surface area (Å²) >= 11 is 2.06. The molecule has 126 valence electrons. The highest BCUT2D eigenvalue weighted by Crippen LogP contribution is 2.33. The van der Waals surface area contributed by atoms with E-state index in [9.17, 15) is 4.79 Å². The lowest BCUT2D eigenvalue weighted by Gasteiger charge is -2.25. The lowest BCUT2D eigenvalue weighted by Crippen LogP contribution is -2.24. The maximum absolute atomic E-state index is 10.4. The average molecular weight is 327 g/mol. The zero-order valence-corrected chi connectivity index (χ0v) is 14.4. The van der Waals surface area contributed by atoms with Gasteiger partial charge >= 0.3 is 5.97 Å². The summed E-state index contributed by atoms with van der Waals surface area (Å²) in [6.45, 7) is 0.940. The smallest absolute Gasteiger partial charge is 0.303 e. The monoisotopic (exact) mass is 326 g/mol. The van der Waals surface area contributed by atoms with E-state index in [1.165, 1.54) is 43.6 Å². The first-order valence-electron chi connectivity index (χ1n) is 8.82. The molecule has 1 heterocycles. The topological polar surface area (TPSA) is 46.5 Å². The van der Waals surface area contributed by atoms with Gasteiger partial charge in [0.05, 0.1) is 12.7 Å². The van der Waals surface area contributed by atoms with Gasteiger partial charge in [0.25, 0.3) is 0 Å². The highest BCUT2D eigenvalue weighted by atomic mass is 32.2. The normalized spacial score (nSPS) is 26.7. The zero-order valence-electron chi connectivity index (χ0n) is 13.5. The fourth-order valence-electron chi connectivity index (χ4n) is 3.34. The number of carboxylic acids is 1. The summed E-state index contributed by atoms with van der Waals surface area (Å²) in [5, 5.41) is 8.60. The minimum atomic E-state index is -0.694. The SMILES string of the molecule is O=C(O)CCCC=CC[C@H]1CSC[C@H]1COC1CCCCC1. The minimum Gasteiger partial charge on any atom is -0.481 e. The number of unbranched alkanes of at least 4 members (excludes halogenated alkanes) is 1. The standard InChI is InChI=1S/C18H30O3S/c19-18(20)11-7-2-1-4-8-15-13-22-14-16(15)12-21-17-9-5-3-6-10-17/h1,4,15-17H,2-3,5-14H2,(H,19,20)/t15-,16+/m0/s1. The van der Waals surface area contributed by atoms with Gasteiger partial charge in [-0.1, -0.05) is 31.4 Å². The number of thioether (sulfide) groups is 1. The van der Waals surface area contributed by atoms with Crippen LogP contribution in [0.2, 0.25) is 0 Å². The number of aliphatic carboxylic acids is 1. The second kappa shape index (κ2) is 10.3. The van der Waals surface area contributed by atoms with Crippen molar-refractivity contribution in [1.82, 2.24) is 0 Å². The molecule has 2 rings (SSSR count). The molecule has 2 aliphatic rings. The van der Waals surface area contributed by atoms with Gasteiger partial charge in [-0.25, -0.2) is 0 Å². The van der Waals surface area contributed by atoms with Crippen molar-refractivity contribution in [3.05, 3.63) is 12.2 Å². The van der Waals surface area contributed by atoms with Crippen LogP contribution < -0.4 is 0 Å². The molecule has 4 heteroatoms. The van der Waals surface area contributed by atoms with Crippen molar-refractivity contribution in [3.63, 3.8) is 0 Å². The van der Waals surface area contributed by atoms with Crippen LogP contribution in [0.25, 0.3) is 0 Å². The van der Waals surface area contributed by atoms with Crippen molar-refractivity contribution in [2.45, 2.75) is 63.9 Å². The predicted octanol–water partition coefficient (Wildman–Crippen LogP) is 4.52. The summed E-state index contributed by atoms with van der Waals surface area (Å²) in [5.74, 6) is 3.24. The Kier molecular flexibility index (Phi) is 8.38. The fraction of sp³-hybridized carbons (Fsp3) is 0.833. The van der Waals surface area contributed by atoms with E-state index in [1.54, 1.807) is 0 Å². The molecule has 3 nitrogen and oxygen atoms in total. The number of hydrogen-bond acceptors (Lipinski definition) is 3. The molecule has 2 atom stereocenters. The molecular formula is C18H30O3S. The summed E-state index contributed by atoms with van der Waals surface area (Å²) in [4.78, 5) is 10.4. The molecule has 0 bridgehead atoms. The van der Waals surface area contributed by atoms with E-state index in [2.05, 4.69) is 23.9 Å². The number of allylic oxidation sites excluding steroid dienone is 2. The molecule has 1 aliphatic carbocycles. The van der Waals surface area contributed by atoms with Gasteiger partial charge in [-0.05, 0) is 55.4 Å². The van der Waals surface area contributed by atoms with Crippen molar-refractivity contribution < 1.29 is 14.6 Å². The highest BCUT2D eigenvalue weighted by Gasteiger charge is 2.28. The molecule has 2 fully saturated rings. The van der Waals surface area contributed by atoms with Crippen molar-refractivity contribution in [1.29, 1.82) is 0 Å². The Hall–Kier alpha value is -0.480. The van der Waals surface area contributed by atoms with E-state index in [0.717, 1.165) is 31.8 Å². The van der Waals surface area contributed by atoms with Crippen LogP contribution in [0.5, 0.6) is 0 Å². The van der Waals surface area contributed by atoms with E-state index >= 15 is 0 Å². The molecule has 1 N–H and O–H groups in total. The molecule has 0 radical (unpaired) electrons. The van der Waals surface area contributed by atoms with Gasteiger partial charge in [0.15, 0.2) is 0 Å². The van der Waals surface area contributed by atoms with E-state index in [4.69, 9.17) is 9.84 Å². The van der Waals surface area contributed by atoms with E-state index in [0.29, 0.717) is 12.0 Å². The molecule has 0 unspecified atom stereocenters. The molecule has 1 aliphatic heterocycles. The largest absolute Gasteiger partial charge is 0.481 e. The third-order valence-corrected chi connectivity index (χ3v) is 6.12. The minimum absolute atomic E-state index is 0.279. The Labute approximate surface area is 138 Å². The summed E-state index contributed by atoms with van der Waals surface area (Å²) in [7, 11) is 0. The first-order chi connectivity index (χ1) is 10.8. The molecule has 1 saturated carbocycles. The second-order valence-corrected chi connectivity index (χ2v) is 7.72. The van der Waals surface area contributed by atoms with Gasteiger partial charge in [-0.2, -0.15) is 11.8 Å². The predicted molar refractivity (Wildman–Crippen MR) is 92.4 cm³/mol. The molecular weight excluding hydrogens is 296 g/mol. The Balaban J connectivity index is 1.60. The summed E-state index contributed by atoms with van der Waals surface area (Å²) in [6.07, 6.45) is 14.5. The summed E-state index contributed by atoms with van der Waals surface area (Å²) < 4.78 is 6.17. The van der Waals surface area contributed by atoms with Crippen molar-refractivity contribution in [3.8, 4) is 0 Å². The summed E-state index contributed by atoms with van der Waals surface area (Å²) in [5.41, 5.74) is 0. The maximum Gasteiger partial charge on any atom is 0.303 e. The molecule has 0 amide bonds. The lowest BCUT2D eigenvalue weighted by molar-refractivity contribution is -0.137. The van der Waals surface area contributed by atoms with Crippen molar-refractivity contribution in [2.75, 3.05) is 18.1 Å². The third kappa shape index (κ3) is 6.74. The Bertz CT molecular complexity index is 350. The van der Waals surface area contributed by atoms with E-state index in [-0.39, 0.29) is 6.42 Å². The van der Waals surface area contributed by atoms with Gasteiger partial charge in [0.2, 0.25) is 0 Å². The van der Waals surface area contributed by atoms with Crippen molar-refractivity contribution >= 4 is 17.7 Å². The molecule has 0 aromatic rings. The molecule has 1 saturated heterocycles. The van der Waals surface area contributed by atoms with Gasteiger partial charge in [0.1, 0.15) is 0 Å². The number of carboxylic acid groups (broad SMARTS) is 1. The summed E-state index contributed by atoms with van der Waals surface area (Å²) in [6, 6.07) is 0. The van der Waals surface area contributed by atoms with Crippen LogP contribution in [0, 0.1) is 11.8 Å². The zero-order chi connectivity index (χ0) is 15.6. The highest BCUT2D eigenvalue weighted by molar-refractivity contribution is 7.99. The number of ether oxygens (including phenoxy) is 1. The fourth-order valence-corrected chi connectivity index (χ4v) is 4.86. The third-order valence-electron chi connectivity index (χ3n) is 4.80. The van der Waals surface area contributed by atoms with Gasteiger partial charge in [-0.15, -0.1) is 0 Å². The Morgan fingerprint density at radius 3 is 2.68 bits per heavy atom. The van der Waals surface area contributed by atoms with Crippen LogP contribution >= 0.6 is 11.8 Å². The van der Waals surface area contributed by atoms with E-state index < -0.39 is 5.97 Å². The van der Waals surface area contributed by atoms with Crippen LogP contribution in [0.3, 0.4) is 0 Å². The van der Waals surface area contributed by atoms with Crippen LogP contribution in [0.1, 0.15) is 57.8 Å². The van der Waals surface area contributed by atoms with Gasteiger partial charge in [-0.3, -0.25) is 4.79 Å². The average Bonchev–Trinajstić information content (AvgIpc) is 2.97. The lowest BCUT2D eigenvalue weighted by atomic mass is 9.92. The van der Waals surface area contributed by atoms with Crippen LogP contribution in [0.15, 0.2) is 12.2 Å². The van der Waals surface area contributed by atoms with Crippen molar-refractivity contribution in [2.24, 2.45) is 11.8 Å². The molecule has 22 heavy (non-hydrogen) atoms. The van der Waals surface area contributed by atoms with Crippen LogP contribution in [-0.2, 0) is 9.53 Å². The van der Waals surface area contributed by atoms with Gasteiger partial charge in [0, 0.05) is 6.42 Å². The Morgan fingerprint density at radius 2 is 1.91 bits per heavy atom. The van der Waals surface area contributed by atoms with Gasteiger partial charge < -0.3 is 9.84 Å². The first kappa shape index (κ1) is 17.9. The maximum atomic E-state index is 10.4. The Morgan fingerprint density at radius 1 is 1.14 bits per heavy atom. The van der Waals surface area contributed by atoms with Crippen LogP contribution in [-0.4, -0.2) is 35.3 Å². The number of carbonyl (C=O) groups is 1. The van der Waals surface area contributed by atoms with E-state index in [1.807, 2.05) is 0 Å². The van der Waals surface area contributed by atoms with Crippen LogP contribution in [0.4, 0.5) is 0 Å².